The van der Waals surface area contributed by atoms with Gasteiger partial charge in [-0.05, 0) is 39.7 Å². The number of thiazole rings is 1. The molecule has 2 heterocycles. The van der Waals surface area contributed by atoms with Crippen molar-refractivity contribution in [3.8, 4) is 0 Å². The van der Waals surface area contributed by atoms with E-state index in [1.54, 1.807) is 0 Å². The largest absolute Gasteiger partial charge is 0.330 e. The molecule has 17 heavy (non-hydrogen) atoms. The first-order valence-corrected chi connectivity index (χ1v) is 6.78. The highest BCUT2D eigenvalue weighted by molar-refractivity contribution is 7.11. The number of aryl methyl sites for hydroxylation is 2. The molecule has 2 rings (SSSR count). The average Bonchev–Trinajstić information content (AvgIpc) is 2.72. The second-order valence-electron chi connectivity index (χ2n) is 4.86. The van der Waals surface area contributed by atoms with Gasteiger partial charge in [-0.25, -0.2) is 4.98 Å². The summed E-state index contributed by atoms with van der Waals surface area (Å²) < 4.78 is 0. The van der Waals surface area contributed by atoms with Crippen molar-refractivity contribution in [2.45, 2.75) is 39.8 Å². The second kappa shape index (κ2) is 6.14. The van der Waals surface area contributed by atoms with Crippen LogP contribution in [0.25, 0.3) is 0 Å². The van der Waals surface area contributed by atoms with Crippen molar-refractivity contribution in [1.82, 2.24) is 9.88 Å². The first-order chi connectivity index (χ1) is 7.60. The second-order valence-corrected chi connectivity index (χ2v) is 6.15. The molecule has 1 aliphatic rings. The van der Waals surface area contributed by atoms with Gasteiger partial charge in [0.2, 0.25) is 0 Å². The van der Waals surface area contributed by atoms with Crippen molar-refractivity contribution in [3.05, 3.63) is 15.6 Å². The lowest BCUT2D eigenvalue weighted by Gasteiger charge is -2.20. The Hall–Kier alpha value is -0.160. The van der Waals surface area contributed by atoms with Gasteiger partial charge in [0.1, 0.15) is 0 Å². The Kier molecular flexibility index (Phi) is 5.38. The minimum absolute atomic E-state index is 0. The number of hydrogen-bond donors (Lipinski definition) is 1. The van der Waals surface area contributed by atoms with Gasteiger partial charge in [0.05, 0.1) is 10.7 Å². The van der Waals surface area contributed by atoms with Gasteiger partial charge in [-0.15, -0.1) is 23.7 Å². The highest BCUT2D eigenvalue weighted by Gasteiger charge is 2.28. The molecule has 1 aromatic heterocycles. The van der Waals surface area contributed by atoms with Gasteiger partial charge in [-0.2, -0.15) is 0 Å². The van der Waals surface area contributed by atoms with Gasteiger partial charge >= 0.3 is 0 Å². The standard InChI is InChI=1S/C12H21N3S.ClH/c1-8-4-11(5-13)6-15(8)7-12-9(2)14-10(3)16-12;/h8,11H,4-7,13H2,1-3H3;1H. The average molecular weight is 276 g/mol. The van der Waals surface area contributed by atoms with E-state index in [0.717, 1.165) is 19.6 Å². The SMILES string of the molecule is Cc1nc(C)c(CN2CC(CN)CC2C)s1.Cl. The fraction of sp³-hybridized carbons (Fsp3) is 0.750. The third-order valence-electron chi connectivity index (χ3n) is 3.47. The van der Waals surface area contributed by atoms with Crippen LogP contribution in [0.4, 0.5) is 0 Å². The summed E-state index contributed by atoms with van der Waals surface area (Å²) in [6.45, 7) is 9.51. The Labute approximate surface area is 114 Å². The predicted octanol–water partition coefficient (Wildman–Crippen LogP) is 2.35. The maximum absolute atomic E-state index is 5.75. The van der Waals surface area contributed by atoms with E-state index >= 15 is 0 Å². The normalized spacial score (nSPS) is 24.9. The highest BCUT2D eigenvalue weighted by atomic mass is 35.5. The molecule has 98 valence electrons. The number of likely N-dealkylation sites (tertiary alicyclic amines) is 1. The summed E-state index contributed by atoms with van der Waals surface area (Å²) >= 11 is 1.83. The van der Waals surface area contributed by atoms with Gasteiger partial charge in [0, 0.05) is 24.0 Å². The molecular formula is C12H22ClN3S. The fourth-order valence-corrected chi connectivity index (χ4v) is 3.48. The van der Waals surface area contributed by atoms with Gasteiger partial charge in [0.15, 0.2) is 0 Å². The topological polar surface area (TPSA) is 42.2 Å². The van der Waals surface area contributed by atoms with Crippen LogP contribution in [0.2, 0.25) is 0 Å². The Balaban J connectivity index is 0.00000144. The smallest absolute Gasteiger partial charge is 0.0900 e. The molecule has 1 saturated heterocycles. The first-order valence-electron chi connectivity index (χ1n) is 5.97. The number of nitrogens with zero attached hydrogens (tertiary/aromatic N) is 2. The molecule has 0 amide bonds. The summed E-state index contributed by atoms with van der Waals surface area (Å²) in [6.07, 6.45) is 1.24. The zero-order chi connectivity index (χ0) is 11.7. The molecular weight excluding hydrogens is 254 g/mol. The van der Waals surface area contributed by atoms with Gasteiger partial charge in [-0.1, -0.05) is 0 Å². The van der Waals surface area contributed by atoms with Crippen molar-refractivity contribution < 1.29 is 0 Å². The lowest BCUT2D eigenvalue weighted by molar-refractivity contribution is 0.257. The lowest BCUT2D eigenvalue weighted by atomic mass is 10.1. The minimum atomic E-state index is 0. The van der Waals surface area contributed by atoms with E-state index in [1.165, 1.54) is 22.0 Å². The molecule has 3 nitrogen and oxygen atoms in total. The summed E-state index contributed by atoms with van der Waals surface area (Å²) in [5.41, 5.74) is 6.95. The quantitative estimate of drug-likeness (QED) is 0.921. The number of halogens is 1. The van der Waals surface area contributed by atoms with Crippen LogP contribution in [0.1, 0.15) is 28.9 Å². The Morgan fingerprint density at radius 2 is 2.18 bits per heavy atom. The molecule has 1 fully saturated rings. The predicted molar refractivity (Wildman–Crippen MR) is 75.9 cm³/mol. The summed E-state index contributed by atoms with van der Waals surface area (Å²) in [5, 5.41) is 1.18. The van der Waals surface area contributed by atoms with E-state index in [-0.39, 0.29) is 12.4 Å². The van der Waals surface area contributed by atoms with E-state index < -0.39 is 0 Å². The Morgan fingerprint density at radius 3 is 2.65 bits per heavy atom. The zero-order valence-corrected chi connectivity index (χ0v) is 12.4. The van der Waals surface area contributed by atoms with Crippen LogP contribution >= 0.6 is 23.7 Å². The Bertz CT molecular complexity index is 367. The minimum Gasteiger partial charge on any atom is -0.330 e. The van der Waals surface area contributed by atoms with E-state index in [2.05, 4.69) is 30.7 Å². The summed E-state index contributed by atoms with van der Waals surface area (Å²) in [4.78, 5) is 8.44. The number of aromatic nitrogens is 1. The summed E-state index contributed by atoms with van der Waals surface area (Å²) in [6, 6.07) is 0.662. The van der Waals surface area contributed by atoms with Crippen LogP contribution < -0.4 is 5.73 Å². The van der Waals surface area contributed by atoms with Crippen LogP contribution in [0.5, 0.6) is 0 Å². The molecule has 0 aliphatic carbocycles. The fourth-order valence-electron chi connectivity index (χ4n) is 2.51. The van der Waals surface area contributed by atoms with Crippen molar-refractivity contribution in [3.63, 3.8) is 0 Å². The van der Waals surface area contributed by atoms with E-state index in [0.29, 0.717) is 12.0 Å². The molecule has 0 spiro atoms. The van der Waals surface area contributed by atoms with Crippen molar-refractivity contribution in [2.75, 3.05) is 13.1 Å². The van der Waals surface area contributed by atoms with Crippen LogP contribution in [0.3, 0.4) is 0 Å². The summed E-state index contributed by atoms with van der Waals surface area (Å²) in [7, 11) is 0. The molecule has 0 bridgehead atoms. The number of nitrogens with two attached hydrogens (primary N) is 1. The van der Waals surface area contributed by atoms with Crippen LogP contribution in [-0.4, -0.2) is 29.0 Å². The lowest BCUT2D eigenvalue weighted by Crippen LogP contribution is -2.27. The first kappa shape index (κ1) is 14.9. The Morgan fingerprint density at radius 1 is 1.47 bits per heavy atom. The number of rotatable bonds is 3. The maximum atomic E-state index is 5.75. The molecule has 1 aliphatic heterocycles. The molecule has 2 N–H and O–H groups in total. The molecule has 2 unspecified atom stereocenters. The van der Waals surface area contributed by atoms with Gasteiger partial charge < -0.3 is 5.73 Å². The molecule has 5 heteroatoms. The van der Waals surface area contributed by atoms with E-state index in [4.69, 9.17) is 5.73 Å². The molecule has 2 atom stereocenters. The molecule has 0 radical (unpaired) electrons. The molecule has 0 saturated carbocycles. The molecule has 0 aromatic carbocycles. The van der Waals surface area contributed by atoms with Crippen molar-refractivity contribution in [1.29, 1.82) is 0 Å². The van der Waals surface area contributed by atoms with Crippen LogP contribution in [0, 0.1) is 19.8 Å². The summed E-state index contributed by atoms with van der Waals surface area (Å²) in [5.74, 6) is 0.685. The number of hydrogen-bond acceptors (Lipinski definition) is 4. The monoisotopic (exact) mass is 275 g/mol. The van der Waals surface area contributed by atoms with Crippen LogP contribution in [-0.2, 0) is 6.54 Å². The zero-order valence-electron chi connectivity index (χ0n) is 10.8. The van der Waals surface area contributed by atoms with E-state index in [1.807, 2.05) is 11.3 Å². The van der Waals surface area contributed by atoms with Crippen LogP contribution in [0.15, 0.2) is 0 Å². The van der Waals surface area contributed by atoms with Crippen molar-refractivity contribution >= 4 is 23.7 Å². The van der Waals surface area contributed by atoms with E-state index in [9.17, 15) is 0 Å². The third-order valence-corrected chi connectivity index (χ3v) is 4.53. The van der Waals surface area contributed by atoms with Crippen molar-refractivity contribution in [2.24, 2.45) is 11.7 Å². The third kappa shape index (κ3) is 3.41. The van der Waals surface area contributed by atoms with Gasteiger partial charge in [0.25, 0.3) is 0 Å². The molecule has 1 aromatic rings. The highest BCUT2D eigenvalue weighted by Crippen LogP contribution is 2.27. The maximum Gasteiger partial charge on any atom is 0.0900 e. The van der Waals surface area contributed by atoms with Gasteiger partial charge in [-0.3, -0.25) is 4.90 Å².